The molecule has 2 heterocycles. The van der Waals surface area contributed by atoms with Crippen molar-refractivity contribution in [2.24, 2.45) is 7.05 Å². The lowest BCUT2D eigenvalue weighted by Gasteiger charge is -2.31. The van der Waals surface area contributed by atoms with Crippen molar-refractivity contribution in [2.45, 2.75) is 6.54 Å². The van der Waals surface area contributed by atoms with E-state index in [1.54, 1.807) is 31.0 Å². The molecule has 0 spiro atoms. The lowest BCUT2D eigenvalue weighted by Crippen LogP contribution is -2.32. The van der Waals surface area contributed by atoms with Crippen molar-refractivity contribution >= 4 is 5.69 Å². The van der Waals surface area contributed by atoms with Crippen LogP contribution >= 0.6 is 0 Å². The predicted molar refractivity (Wildman–Crippen MR) is 81.2 cm³/mol. The maximum Gasteiger partial charge on any atom is 0.250 e. The molecule has 0 unspecified atom stereocenters. The molecule has 110 valence electrons. The van der Waals surface area contributed by atoms with Gasteiger partial charge in [-0.05, 0) is 23.8 Å². The maximum atomic E-state index is 11.7. The van der Waals surface area contributed by atoms with E-state index in [1.165, 1.54) is 0 Å². The summed E-state index contributed by atoms with van der Waals surface area (Å²) < 4.78 is 12.5. The minimum Gasteiger partial charge on any atom is -0.497 e. The Balaban J connectivity index is 1.90. The van der Waals surface area contributed by atoms with E-state index in [9.17, 15) is 4.79 Å². The van der Waals surface area contributed by atoms with Gasteiger partial charge in [0.05, 0.1) is 19.3 Å². The SMILES string of the molecule is COc1ccc2c(c1)N(Cc1ccn(C)c(=O)c1)CCO2. The van der Waals surface area contributed by atoms with Crippen molar-refractivity contribution in [3.8, 4) is 11.5 Å². The van der Waals surface area contributed by atoms with Gasteiger partial charge in [0.1, 0.15) is 18.1 Å². The van der Waals surface area contributed by atoms with E-state index in [0.29, 0.717) is 13.2 Å². The van der Waals surface area contributed by atoms with Gasteiger partial charge in [-0.25, -0.2) is 0 Å². The predicted octanol–water partition coefficient (Wildman–Crippen LogP) is 1.79. The lowest BCUT2D eigenvalue weighted by atomic mass is 10.2. The molecule has 0 amide bonds. The molecule has 5 heteroatoms. The molecule has 1 aliphatic rings. The Labute approximate surface area is 123 Å². The number of pyridine rings is 1. The number of anilines is 1. The van der Waals surface area contributed by atoms with Crippen LogP contribution in [0.2, 0.25) is 0 Å². The summed E-state index contributed by atoms with van der Waals surface area (Å²) >= 11 is 0. The van der Waals surface area contributed by atoms with Gasteiger partial charge in [-0.2, -0.15) is 0 Å². The number of fused-ring (bicyclic) bond motifs is 1. The van der Waals surface area contributed by atoms with Gasteiger partial charge in [0.15, 0.2) is 0 Å². The molecule has 0 radical (unpaired) electrons. The van der Waals surface area contributed by atoms with Crippen LogP contribution in [-0.2, 0) is 13.6 Å². The second kappa shape index (κ2) is 5.52. The Bertz CT molecular complexity index is 709. The maximum absolute atomic E-state index is 11.7. The Hall–Kier alpha value is -2.43. The Morgan fingerprint density at radius 2 is 2.14 bits per heavy atom. The van der Waals surface area contributed by atoms with Crippen molar-refractivity contribution in [1.29, 1.82) is 0 Å². The number of nitrogens with zero attached hydrogens (tertiary/aromatic N) is 2. The summed E-state index contributed by atoms with van der Waals surface area (Å²) in [6.07, 6.45) is 1.80. The van der Waals surface area contributed by atoms with E-state index in [4.69, 9.17) is 9.47 Å². The number of hydrogen-bond donors (Lipinski definition) is 0. The van der Waals surface area contributed by atoms with Crippen molar-refractivity contribution in [1.82, 2.24) is 4.57 Å². The second-order valence-corrected chi connectivity index (χ2v) is 5.09. The minimum atomic E-state index is 0.00613. The zero-order valence-electron chi connectivity index (χ0n) is 12.2. The molecule has 0 N–H and O–H groups in total. The van der Waals surface area contributed by atoms with Crippen molar-refractivity contribution in [2.75, 3.05) is 25.2 Å². The fourth-order valence-corrected chi connectivity index (χ4v) is 2.45. The molecule has 2 aromatic rings. The number of methoxy groups -OCH3 is 1. The molecular weight excluding hydrogens is 268 g/mol. The highest BCUT2D eigenvalue weighted by Crippen LogP contribution is 2.35. The largest absolute Gasteiger partial charge is 0.497 e. The summed E-state index contributed by atoms with van der Waals surface area (Å²) in [5.74, 6) is 1.65. The summed E-state index contributed by atoms with van der Waals surface area (Å²) in [5.41, 5.74) is 2.00. The highest BCUT2D eigenvalue weighted by Gasteiger charge is 2.19. The van der Waals surface area contributed by atoms with Crippen LogP contribution < -0.4 is 19.9 Å². The number of ether oxygens (including phenoxy) is 2. The van der Waals surface area contributed by atoms with E-state index in [1.807, 2.05) is 24.3 Å². The van der Waals surface area contributed by atoms with Crippen LogP contribution in [0.25, 0.3) is 0 Å². The molecule has 5 nitrogen and oxygen atoms in total. The van der Waals surface area contributed by atoms with Gasteiger partial charge in [-0.3, -0.25) is 4.79 Å². The lowest BCUT2D eigenvalue weighted by molar-refractivity contribution is 0.305. The van der Waals surface area contributed by atoms with E-state index >= 15 is 0 Å². The Kier molecular flexibility index (Phi) is 3.56. The first-order valence-electron chi connectivity index (χ1n) is 6.89. The standard InChI is InChI=1S/C16H18N2O3/c1-17-6-5-12(9-16(17)19)11-18-7-8-21-15-4-3-13(20-2)10-14(15)18/h3-6,9-10H,7-8,11H2,1-2H3. The van der Waals surface area contributed by atoms with E-state index in [2.05, 4.69) is 4.90 Å². The molecule has 3 rings (SSSR count). The first-order valence-corrected chi connectivity index (χ1v) is 6.89. The number of aryl methyl sites for hydroxylation is 1. The third-order valence-electron chi connectivity index (χ3n) is 3.67. The van der Waals surface area contributed by atoms with E-state index in [-0.39, 0.29) is 5.56 Å². The van der Waals surface area contributed by atoms with Crippen LogP contribution in [0.1, 0.15) is 5.56 Å². The van der Waals surface area contributed by atoms with Gasteiger partial charge in [0.2, 0.25) is 0 Å². The summed E-state index contributed by atoms with van der Waals surface area (Å²) in [7, 11) is 3.40. The molecule has 0 atom stereocenters. The zero-order valence-corrected chi connectivity index (χ0v) is 12.2. The topological polar surface area (TPSA) is 43.7 Å². The highest BCUT2D eigenvalue weighted by molar-refractivity contribution is 5.63. The first kappa shape index (κ1) is 13.5. The number of rotatable bonds is 3. The van der Waals surface area contributed by atoms with Crippen molar-refractivity contribution in [3.63, 3.8) is 0 Å². The van der Waals surface area contributed by atoms with Crippen LogP contribution in [0.15, 0.2) is 41.3 Å². The molecule has 21 heavy (non-hydrogen) atoms. The summed E-state index contributed by atoms with van der Waals surface area (Å²) in [6, 6.07) is 9.42. The van der Waals surface area contributed by atoms with Crippen LogP contribution in [0.5, 0.6) is 11.5 Å². The molecule has 1 aliphatic heterocycles. The Morgan fingerprint density at radius 3 is 2.90 bits per heavy atom. The highest BCUT2D eigenvalue weighted by atomic mass is 16.5. The number of hydrogen-bond acceptors (Lipinski definition) is 4. The average Bonchev–Trinajstić information content (AvgIpc) is 2.51. The van der Waals surface area contributed by atoms with Crippen LogP contribution in [0.4, 0.5) is 5.69 Å². The molecule has 1 aromatic heterocycles. The Morgan fingerprint density at radius 1 is 1.29 bits per heavy atom. The quantitative estimate of drug-likeness (QED) is 0.863. The monoisotopic (exact) mass is 286 g/mol. The average molecular weight is 286 g/mol. The van der Waals surface area contributed by atoms with Gasteiger partial charge in [-0.15, -0.1) is 0 Å². The molecule has 0 aliphatic carbocycles. The van der Waals surface area contributed by atoms with Crippen LogP contribution in [0, 0.1) is 0 Å². The summed E-state index contributed by atoms with van der Waals surface area (Å²) in [6.45, 7) is 2.11. The minimum absolute atomic E-state index is 0.00613. The van der Waals surface area contributed by atoms with Gasteiger partial charge in [0, 0.05) is 31.9 Å². The smallest absolute Gasteiger partial charge is 0.250 e. The van der Waals surface area contributed by atoms with Crippen LogP contribution in [-0.4, -0.2) is 24.8 Å². The van der Waals surface area contributed by atoms with E-state index < -0.39 is 0 Å². The summed E-state index contributed by atoms with van der Waals surface area (Å²) in [4.78, 5) is 13.9. The van der Waals surface area contributed by atoms with Gasteiger partial charge in [0.25, 0.3) is 5.56 Å². The third-order valence-corrected chi connectivity index (χ3v) is 3.67. The van der Waals surface area contributed by atoms with Gasteiger partial charge in [-0.1, -0.05) is 0 Å². The van der Waals surface area contributed by atoms with Gasteiger partial charge < -0.3 is 18.9 Å². The molecule has 0 saturated carbocycles. The molecule has 1 aromatic carbocycles. The van der Waals surface area contributed by atoms with Crippen molar-refractivity contribution in [3.05, 3.63) is 52.4 Å². The zero-order chi connectivity index (χ0) is 14.8. The second-order valence-electron chi connectivity index (χ2n) is 5.09. The molecule has 0 fully saturated rings. The first-order chi connectivity index (χ1) is 10.2. The molecular formula is C16H18N2O3. The fourth-order valence-electron chi connectivity index (χ4n) is 2.45. The molecule has 0 saturated heterocycles. The normalized spacial score (nSPS) is 13.5. The number of benzene rings is 1. The molecule has 0 bridgehead atoms. The third kappa shape index (κ3) is 2.72. The number of aromatic nitrogens is 1. The van der Waals surface area contributed by atoms with Crippen molar-refractivity contribution < 1.29 is 9.47 Å². The van der Waals surface area contributed by atoms with E-state index in [0.717, 1.165) is 29.3 Å². The summed E-state index contributed by atoms with van der Waals surface area (Å²) in [5, 5.41) is 0. The fraction of sp³-hybridized carbons (Fsp3) is 0.312. The van der Waals surface area contributed by atoms with Gasteiger partial charge >= 0.3 is 0 Å². The van der Waals surface area contributed by atoms with Crippen LogP contribution in [0.3, 0.4) is 0 Å².